The summed E-state index contributed by atoms with van der Waals surface area (Å²) in [7, 11) is 0. The van der Waals surface area contributed by atoms with E-state index in [4.69, 9.17) is 23.2 Å². The maximum Gasteiger partial charge on any atom is 0.0595 e. The molecule has 0 atom stereocenters. The molecule has 18 heavy (non-hydrogen) atoms. The van der Waals surface area contributed by atoms with Crippen molar-refractivity contribution in [2.45, 2.75) is 6.42 Å². The maximum absolute atomic E-state index is 6.05. The van der Waals surface area contributed by atoms with Gasteiger partial charge in [-0.3, -0.25) is 4.98 Å². The van der Waals surface area contributed by atoms with Gasteiger partial charge in [0.05, 0.1) is 10.7 Å². The first-order chi connectivity index (χ1) is 8.63. The van der Waals surface area contributed by atoms with E-state index in [-0.39, 0.29) is 0 Å². The molecule has 90 valence electrons. The van der Waals surface area contributed by atoms with Gasteiger partial charge in [0.25, 0.3) is 0 Å². The van der Waals surface area contributed by atoms with Gasteiger partial charge in [0.1, 0.15) is 0 Å². The second kappa shape index (κ2) is 4.69. The minimum absolute atomic E-state index is 0.647. The molecular weight excluding hydrogens is 333 g/mol. The van der Waals surface area contributed by atoms with Gasteiger partial charge in [-0.1, -0.05) is 45.2 Å². The molecule has 3 rings (SSSR count). The first kappa shape index (κ1) is 12.2. The lowest BCUT2D eigenvalue weighted by molar-refractivity contribution is 1.07. The fourth-order valence-corrected chi connectivity index (χ4v) is 3.03. The van der Waals surface area contributed by atoms with Crippen LogP contribution in [0.3, 0.4) is 0 Å². The quantitative estimate of drug-likeness (QED) is 0.643. The minimum atomic E-state index is 0.647. The van der Waals surface area contributed by atoms with Crippen LogP contribution in [-0.2, 0) is 6.42 Å². The molecule has 0 bridgehead atoms. The molecule has 1 heterocycles. The molecule has 0 saturated heterocycles. The third-order valence-corrected chi connectivity index (χ3v) is 4.04. The van der Waals surface area contributed by atoms with Crippen LogP contribution in [-0.4, -0.2) is 4.98 Å². The molecule has 1 aromatic carbocycles. The van der Waals surface area contributed by atoms with Crippen molar-refractivity contribution in [3.8, 4) is 0 Å². The molecule has 1 nitrogen and oxygen atoms in total. The van der Waals surface area contributed by atoms with Crippen LogP contribution in [0.5, 0.6) is 0 Å². The Morgan fingerprint density at radius 2 is 1.94 bits per heavy atom. The molecule has 1 aromatic heterocycles. The average Bonchev–Trinajstić information content (AvgIpc) is 2.46. The summed E-state index contributed by atoms with van der Waals surface area (Å²) in [4.78, 5) is 4.40. The smallest absolute Gasteiger partial charge is 0.0595 e. The Kier molecular flexibility index (Phi) is 3.18. The van der Waals surface area contributed by atoms with Crippen molar-refractivity contribution in [3.05, 3.63) is 62.9 Å². The summed E-state index contributed by atoms with van der Waals surface area (Å²) in [6, 6.07) is 7.84. The minimum Gasteiger partial charge on any atom is -0.259 e. The molecule has 2 aromatic rings. The molecule has 1 aliphatic carbocycles. The molecule has 4 heteroatoms. The Hall–Kier alpha value is -0.830. The average molecular weight is 341 g/mol. The largest absolute Gasteiger partial charge is 0.259 e. The molecule has 0 aliphatic heterocycles. The molecule has 0 N–H and O–H groups in total. The lowest BCUT2D eigenvalue weighted by Crippen LogP contribution is -1.95. The zero-order valence-electron chi connectivity index (χ0n) is 9.25. The van der Waals surface area contributed by atoms with Crippen LogP contribution in [0, 0.1) is 0 Å². The first-order valence-electron chi connectivity index (χ1n) is 5.44. The molecule has 0 unspecified atom stereocenters. The highest BCUT2D eigenvalue weighted by Gasteiger charge is 2.15. The van der Waals surface area contributed by atoms with E-state index in [0.717, 1.165) is 32.7 Å². The van der Waals surface area contributed by atoms with Crippen LogP contribution in [0.1, 0.15) is 22.4 Å². The summed E-state index contributed by atoms with van der Waals surface area (Å²) in [5.74, 6) is 0. The van der Waals surface area contributed by atoms with Crippen molar-refractivity contribution in [1.82, 2.24) is 4.98 Å². The zero-order valence-corrected chi connectivity index (χ0v) is 12.4. The van der Waals surface area contributed by atoms with Gasteiger partial charge in [0.2, 0.25) is 0 Å². The normalized spacial score (nSPS) is 13.4. The van der Waals surface area contributed by atoms with Gasteiger partial charge in [-0.05, 0) is 41.0 Å². The van der Waals surface area contributed by atoms with Crippen LogP contribution in [0.2, 0.25) is 10.0 Å². The predicted octanol–water partition coefficient (Wildman–Crippen LogP) is 5.19. The monoisotopic (exact) mass is 339 g/mol. The van der Waals surface area contributed by atoms with Crippen LogP contribution in [0.4, 0.5) is 0 Å². The Morgan fingerprint density at radius 1 is 1.11 bits per heavy atom. The number of nitrogens with zero attached hydrogens (tertiary/aromatic N) is 1. The maximum atomic E-state index is 6.05. The van der Waals surface area contributed by atoms with Gasteiger partial charge in [0.15, 0.2) is 0 Å². The van der Waals surface area contributed by atoms with Crippen molar-refractivity contribution in [2.24, 2.45) is 0 Å². The van der Waals surface area contributed by atoms with Gasteiger partial charge in [-0.2, -0.15) is 0 Å². The summed E-state index contributed by atoms with van der Waals surface area (Å²) in [6.45, 7) is 0. The highest BCUT2D eigenvalue weighted by molar-refractivity contribution is 9.15. The molecule has 0 amide bonds. The lowest BCUT2D eigenvalue weighted by Gasteiger charge is -2.06. The van der Waals surface area contributed by atoms with E-state index in [2.05, 4.69) is 20.9 Å². The number of hydrogen-bond donors (Lipinski definition) is 0. The van der Waals surface area contributed by atoms with Crippen LogP contribution in [0.25, 0.3) is 10.6 Å². The second-order valence-electron chi connectivity index (χ2n) is 4.16. The third-order valence-electron chi connectivity index (χ3n) is 2.94. The Labute approximate surface area is 124 Å². The predicted molar refractivity (Wildman–Crippen MR) is 80.3 cm³/mol. The SMILES string of the molecule is Clc1cnc2c(c1)C=C(Br)c1cc(Cl)ccc1C2. The van der Waals surface area contributed by atoms with E-state index < -0.39 is 0 Å². The standard InChI is InChI=1S/C14H8BrCl2N/c15-13-4-9-3-11(17)7-18-14(9)5-8-1-2-10(16)6-12(8)13/h1-4,6-7H,5H2. The molecule has 0 fully saturated rings. The van der Waals surface area contributed by atoms with Gasteiger partial charge in [-0.25, -0.2) is 0 Å². The fraction of sp³-hybridized carbons (Fsp3) is 0.0714. The fourth-order valence-electron chi connectivity index (χ4n) is 2.08. The summed E-state index contributed by atoms with van der Waals surface area (Å²) in [5.41, 5.74) is 4.38. The van der Waals surface area contributed by atoms with E-state index in [0.29, 0.717) is 5.02 Å². The topological polar surface area (TPSA) is 12.9 Å². The number of hydrogen-bond acceptors (Lipinski definition) is 1. The summed E-state index contributed by atoms with van der Waals surface area (Å²) < 4.78 is 1.00. The number of benzene rings is 1. The summed E-state index contributed by atoms with van der Waals surface area (Å²) >= 11 is 15.6. The Balaban J connectivity index is 2.23. The van der Waals surface area contributed by atoms with Crippen LogP contribution in [0.15, 0.2) is 30.5 Å². The van der Waals surface area contributed by atoms with E-state index >= 15 is 0 Å². The number of rotatable bonds is 0. The number of halogens is 3. The molecule has 0 saturated carbocycles. The second-order valence-corrected chi connectivity index (χ2v) is 5.89. The Bertz CT molecular complexity index is 665. The van der Waals surface area contributed by atoms with Gasteiger partial charge < -0.3 is 0 Å². The number of aromatic nitrogens is 1. The van der Waals surface area contributed by atoms with Crippen molar-refractivity contribution in [2.75, 3.05) is 0 Å². The van der Waals surface area contributed by atoms with Crippen LogP contribution >= 0.6 is 39.1 Å². The van der Waals surface area contributed by atoms with E-state index in [9.17, 15) is 0 Å². The Morgan fingerprint density at radius 3 is 2.78 bits per heavy atom. The number of fused-ring (bicyclic) bond motifs is 2. The van der Waals surface area contributed by atoms with Gasteiger partial charge >= 0.3 is 0 Å². The summed E-state index contributed by atoms with van der Waals surface area (Å²) in [5, 5.41) is 1.38. The van der Waals surface area contributed by atoms with Crippen LogP contribution < -0.4 is 0 Å². The highest BCUT2D eigenvalue weighted by Crippen LogP contribution is 2.35. The van der Waals surface area contributed by atoms with E-state index in [1.165, 1.54) is 5.56 Å². The zero-order chi connectivity index (χ0) is 12.7. The van der Waals surface area contributed by atoms with Crippen molar-refractivity contribution >= 4 is 49.7 Å². The van der Waals surface area contributed by atoms with Crippen molar-refractivity contribution in [3.63, 3.8) is 0 Å². The highest BCUT2D eigenvalue weighted by atomic mass is 79.9. The lowest BCUT2D eigenvalue weighted by atomic mass is 10.0. The van der Waals surface area contributed by atoms with E-state index in [1.54, 1.807) is 6.20 Å². The van der Waals surface area contributed by atoms with Crippen molar-refractivity contribution in [1.29, 1.82) is 0 Å². The molecule has 0 spiro atoms. The van der Waals surface area contributed by atoms with Gasteiger partial charge in [0, 0.05) is 22.1 Å². The first-order valence-corrected chi connectivity index (χ1v) is 6.99. The molecular formula is C14H8BrCl2N. The molecule has 1 aliphatic rings. The van der Waals surface area contributed by atoms with Gasteiger partial charge in [-0.15, -0.1) is 0 Å². The van der Waals surface area contributed by atoms with E-state index in [1.807, 2.05) is 30.3 Å². The summed E-state index contributed by atoms with van der Waals surface area (Å²) in [6.07, 6.45) is 4.50. The van der Waals surface area contributed by atoms with Crippen molar-refractivity contribution < 1.29 is 0 Å². The number of pyridine rings is 1. The third kappa shape index (κ3) is 2.20. The molecule has 0 radical (unpaired) electrons.